The molecule has 0 aliphatic carbocycles. The number of methoxy groups -OCH3 is 1. The Balaban J connectivity index is 2.25. The summed E-state index contributed by atoms with van der Waals surface area (Å²) in [6.45, 7) is 20.0. The highest BCUT2D eigenvalue weighted by Crippen LogP contribution is 2.40. The fourth-order valence-electron chi connectivity index (χ4n) is 8.29. The zero-order valence-corrected chi connectivity index (χ0v) is 35.1. The Morgan fingerprint density at radius 3 is 2.31 bits per heavy atom. The highest BCUT2D eigenvalue weighted by molar-refractivity contribution is 5.88. The maximum atomic E-state index is 14.1. The topological polar surface area (TPSA) is 155 Å². The molecule has 0 spiro atoms. The molecule has 2 aliphatic rings. The number of hydrogen-bond acceptors (Lipinski definition) is 13. The molecular formula is C42H68N2O11. The molecule has 0 saturated carbocycles. The summed E-state index contributed by atoms with van der Waals surface area (Å²) < 4.78 is 38.2. The van der Waals surface area contributed by atoms with E-state index in [1.165, 1.54) is 13.8 Å². The summed E-state index contributed by atoms with van der Waals surface area (Å²) in [5, 5.41) is 28.5. The minimum absolute atomic E-state index is 0.121. The molecule has 0 bridgehead atoms. The molecule has 55 heavy (non-hydrogen) atoms. The van der Waals surface area contributed by atoms with Crippen LogP contribution in [0, 0.1) is 23.7 Å². The number of hydrogen-bond donors (Lipinski definition) is 2. The number of ether oxygens (including phenoxy) is 6. The van der Waals surface area contributed by atoms with Gasteiger partial charge in [-0.25, -0.2) is 0 Å². The number of carbonyl (C=O) groups is 2. The highest BCUT2D eigenvalue weighted by atomic mass is 16.7. The van der Waals surface area contributed by atoms with Crippen molar-refractivity contribution in [2.45, 2.75) is 148 Å². The van der Waals surface area contributed by atoms with E-state index >= 15 is 0 Å². The summed E-state index contributed by atoms with van der Waals surface area (Å²) in [6.07, 6.45) is -3.47. The van der Waals surface area contributed by atoms with Gasteiger partial charge < -0.3 is 48.4 Å². The standard InChI is InChI=1S/C42H68N2O11/c1-14-21-50-35-28(6)38(55-40-36(53-30(8)45)32(44(11)12)22-26(4)52-40)41(9,49-13)23-25(3)34(43-51-24-31-19-17-16-18-20-31)27(5)37(46)42(10,48)33(15-2)54-39(47)29(35)7/h14,16-20,25-29,32-33,35-38,40,46,48H,1,15,21-24H2,2-13H3/b43-34+/t25-,26-,27+,28+,29-,32+,33-,35+,36-,37-,38-,40+,41-,42-/m1/s1. The summed E-state index contributed by atoms with van der Waals surface area (Å²) in [5.41, 5.74) is -1.63. The molecule has 13 nitrogen and oxygen atoms in total. The van der Waals surface area contributed by atoms with Crippen LogP contribution in [0.1, 0.15) is 87.1 Å². The lowest BCUT2D eigenvalue weighted by Gasteiger charge is -2.49. The Morgan fingerprint density at radius 1 is 1.09 bits per heavy atom. The fourth-order valence-corrected chi connectivity index (χ4v) is 8.29. The zero-order valence-electron chi connectivity index (χ0n) is 35.1. The van der Waals surface area contributed by atoms with Gasteiger partial charge in [-0.2, -0.15) is 0 Å². The molecule has 0 unspecified atom stereocenters. The third kappa shape index (κ3) is 11.6. The Labute approximate surface area is 328 Å². The molecule has 13 heteroatoms. The Kier molecular flexibility index (Phi) is 17.3. The van der Waals surface area contributed by atoms with Crippen LogP contribution >= 0.6 is 0 Å². The third-order valence-electron chi connectivity index (χ3n) is 11.4. The number of nitrogens with zero attached hydrogens (tertiary/aromatic N) is 2. The average Bonchev–Trinajstić information content (AvgIpc) is 3.14. The van der Waals surface area contributed by atoms with Crippen LogP contribution in [0.3, 0.4) is 0 Å². The van der Waals surface area contributed by atoms with Crippen molar-refractivity contribution in [3.05, 3.63) is 48.6 Å². The molecule has 0 amide bonds. The SMILES string of the molecule is C=CCO[C@H]1[C@H](C)[C@@H](O[C@@H]2O[C@H](C)C[C@H](N(C)C)[C@H]2OC(C)=O)[C@](C)(OC)C[C@@H](C)/C(=N\OCc2ccccc2)[C@H](C)[C@@H](O)[C@](C)(O)[C@@H](CC)OC(=O)[C@@H]1C. The third-order valence-corrected chi connectivity index (χ3v) is 11.4. The maximum Gasteiger partial charge on any atom is 0.311 e. The lowest BCUT2D eigenvalue weighted by Crippen LogP contribution is -2.61. The van der Waals surface area contributed by atoms with E-state index in [9.17, 15) is 19.8 Å². The molecule has 312 valence electrons. The molecule has 2 saturated heterocycles. The first-order valence-corrected chi connectivity index (χ1v) is 19.6. The van der Waals surface area contributed by atoms with Gasteiger partial charge in [0.05, 0.1) is 54.3 Å². The van der Waals surface area contributed by atoms with Crippen molar-refractivity contribution in [1.82, 2.24) is 4.90 Å². The predicted molar refractivity (Wildman–Crippen MR) is 209 cm³/mol. The largest absolute Gasteiger partial charge is 0.459 e. The zero-order chi connectivity index (χ0) is 41.2. The average molecular weight is 777 g/mol. The Bertz CT molecular complexity index is 1410. The number of esters is 2. The van der Waals surface area contributed by atoms with E-state index in [-0.39, 0.29) is 38.2 Å². The van der Waals surface area contributed by atoms with Gasteiger partial charge in [0.1, 0.15) is 18.3 Å². The van der Waals surface area contributed by atoms with E-state index in [2.05, 4.69) is 11.7 Å². The summed E-state index contributed by atoms with van der Waals surface area (Å²) in [7, 11) is 5.43. The second-order valence-electron chi connectivity index (χ2n) is 16.1. The minimum atomic E-state index is -1.86. The van der Waals surface area contributed by atoms with Crippen LogP contribution in [0.2, 0.25) is 0 Å². The van der Waals surface area contributed by atoms with E-state index in [4.69, 9.17) is 33.3 Å². The monoisotopic (exact) mass is 776 g/mol. The fraction of sp³-hybridized carbons (Fsp3) is 0.738. The number of carbonyl (C=O) groups excluding carboxylic acids is 2. The van der Waals surface area contributed by atoms with Crippen LogP contribution in [0.25, 0.3) is 0 Å². The van der Waals surface area contributed by atoms with E-state index in [0.717, 1.165) is 5.56 Å². The van der Waals surface area contributed by atoms with Crippen molar-refractivity contribution in [3.8, 4) is 0 Å². The van der Waals surface area contributed by atoms with Crippen molar-refractivity contribution in [3.63, 3.8) is 0 Å². The number of rotatable bonds is 12. The van der Waals surface area contributed by atoms with Crippen molar-refractivity contribution in [2.75, 3.05) is 27.8 Å². The number of likely N-dealkylation sites (N-methyl/N-ethyl adjacent to an activating group) is 1. The van der Waals surface area contributed by atoms with Crippen molar-refractivity contribution >= 4 is 17.7 Å². The van der Waals surface area contributed by atoms with Gasteiger partial charge in [0.2, 0.25) is 0 Å². The van der Waals surface area contributed by atoms with Crippen LogP contribution in [0.15, 0.2) is 48.1 Å². The molecule has 2 N–H and O–H groups in total. The van der Waals surface area contributed by atoms with Crippen LogP contribution in [0.5, 0.6) is 0 Å². The molecule has 2 fully saturated rings. The van der Waals surface area contributed by atoms with E-state index in [0.29, 0.717) is 12.1 Å². The predicted octanol–water partition coefficient (Wildman–Crippen LogP) is 5.30. The number of aliphatic hydroxyl groups is 2. The van der Waals surface area contributed by atoms with Crippen LogP contribution in [-0.4, -0.2) is 121 Å². The number of benzene rings is 1. The highest BCUT2D eigenvalue weighted by Gasteiger charge is 2.52. The van der Waals surface area contributed by atoms with Gasteiger partial charge in [-0.3, -0.25) is 9.59 Å². The molecule has 0 aromatic heterocycles. The lowest BCUT2D eigenvalue weighted by molar-refractivity contribution is -0.304. The molecule has 1 aromatic carbocycles. The molecule has 2 heterocycles. The second-order valence-corrected chi connectivity index (χ2v) is 16.1. The Morgan fingerprint density at radius 2 is 1.75 bits per heavy atom. The van der Waals surface area contributed by atoms with Gasteiger partial charge in [0.15, 0.2) is 12.4 Å². The van der Waals surface area contributed by atoms with Gasteiger partial charge in [-0.05, 0) is 66.6 Å². The molecule has 0 radical (unpaired) electrons. The van der Waals surface area contributed by atoms with Gasteiger partial charge in [-0.15, -0.1) is 6.58 Å². The first-order valence-electron chi connectivity index (χ1n) is 19.6. The molecular weight excluding hydrogens is 708 g/mol. The summed E-state index contributed by atoms with van der Waals surface area (Å²) in [5.74, 6) is -3.70. The van der Waals surface area contributed by atoms with Crippen molar-refractivity contribution in [2.24, 2.45) is 28.8 Å². The number of aliphatic hydroxyl groups excluding tert-OH is 1. The first-order chi connectivity index (χ1) is 25.8. The summed E-state index contributed by atoms with van der Waals surface area (Å²) in [4.78, 5) is 34.5. The van der Waals surface area contributed by atoms with Gasteiger partial charge in [0.25, 0.3) is 0 Å². The molecule has 14 atom stereocenters. The number of oxime groups is 1. The molecule has 1 aromatic rings. The maximum absolute atomic E-state index is 14.1. The normalized spacial score (nSPS) is 38.9. The molecule has 2 aliphatic heterocycles. The van der Waals surface area contributed by atoms with Crippen molar-refractivity contribution < 1.29 is 53.1 Å². The van der Waals surface area contributed by atoms with E-state index in [1.807, 2.05) is 77.0 Å². The lowest BCUT2D eigenvalue weighted by atomic mass is 9.73. The van der Waals surface area contributed by atoms with Crippen LogP contribution in [-0.2, 0) is 49.5 Å². The Hall–Kier alpha value is -2.91. The van der Waals surface area contributed by atoms with Gasteiger partial charge in [-0.1, -0.05) is 69.3 Å². The summed E-state index contributed by atoms with van der Waals surface area (Å²) >= 11 is 0. The summed E-state index contributed by atoms with van der Waals surface area (Å²) in [6, 6.07) is 9.37. The second kappa shape index (κ2) is 20.5. The van der Waals surface area contributed by atoms with Crippen LogP contribution < -0.4 is 0 Å². The number of cyclic esters (lactones) is 1. The van der Waals surface area contributed by atoms with Gasteiger partial charge >= 0.3 is 11.9 Å². The smallest absolute Gasteiger partial charge is 0.311 e. The van der Waals surface area contributed by atoms with Crippen molar-refractivity contribution in [1.29, 1.82) is 0 Å². The quantitative estimate of drug-likeness (QED) is 0.161. The molecule has 3 rings (SSSR count). The van der Waals surface area contributed by atoms with Gasteiger partial charge in [0, 0.05) is 31.8 Å². The first kappa shape index (κ1) is 46.5. The van der Waals surface area contributed by atoms with Crippen LogP contribution in [0.4, 0.5) is 0 Å². The van der Waals surface area contributed by atoms with E-state index < -0.39 is 83.6 Å². The van der Waals surface area contributed by atoms with E-state index in [1.54, 1.807) is 34.0 Å². The minimum Gasteiger partial charge on any atom is -0.459 e.